The summed E-state index contributed by atoms with van der Waals surface area (Å²) in [5.41, 5.74) is 4.57. The predicted octanol–water partition coefficient (Wildman–Crippen LogP) is 3.39. The molecule has 0 spiro atoms. The molecule has 0 saturated heterocycles. The van der Waals surface area contributed by atoms with Crippen LogP contribution in [-0.4, -0.2) is 19.2 Å². The summed E-state index contributed by atoms with van der Waals surface area (Å²) in [4.78, 5) is 17.7. The highest BCUT2D eigenvalue weighted by atomic mass is 16.4. The summed E-state index contributed by atoms with van der Waals surface area (Å²) in [5, 5.41) is 4.59. The number of aromatic nitrogens is 4. The van der Waals surface area contributed by atoms with Crippen LogP contribution in [0.4, 0.5) is 0 Å². The molecule has 0 bridgehead atoms. The van der Waals surface area contributed by atoms with Gasteiger partial charge in [-0.2, -0.15) is 5.10 Å². The van der Waals surface area contributed by atoms with Crippen LogP contribution in [0.1, 0.15) is 35.6 Å². The fourth-order valence-corrected chi connectivity index (χ4v) is 3.82. The van der Waals surface area contributed by atoms with Gasteiger partial charge in [0.25, 0.3) is 5.56 Å². The molecular weight excluding hydrogens is 340 g/mol. The van der Waals surface area contributed by atoms with Gasteiger partial charge in [-0.25, -0.2) is 9.50 Å². The fraction of sp³-hybridized carbons (Fsp3) is 0.286. The zero-order valence-corrected chi connectivity index (χ0v) is 15.2. The van der Waals surface area contributed by atoms with Crippen LogP contribution in [0.3, 0.4) is 0 Å². The molecular formula is C21H20N4O2. The summed E-state index contributed by atoms with van der Waals surface area (Å²) in [5.74, 6) is 1.31. The minimum absolute atomic E-state index is 0.0168. The maximum Gasteiger partial charge on any atom is 0.277 e. The number of oxazole rings is 1. The fourth-order valence-electron chi connectivity index (χ4n) is 3.82. The Morgan fingerprint density at radius 1 is 1.11 bits per heavy atom. The van der Waals surface area contributed by atoms with Crippen molar-refractivity contribution in [3.8, 4) is 11.5 Å². The summed E-state index contributed by atoms with van der Waals surface area (Å²) in [6.07, 6.45) is 7.79. The van der Waals surface area contributed by atoms with E-state index >= 15 is 0 Å². The Hall–Kier alpha value is -3.15. The van der Waals surface area contributed by atoms with Crippen LogP contribution in [-0.2, 0) is 19.4 Å². The van der Waals surface area contributed by atoms with E-state index in [1.807, 2.05) is 43.5 Å². The first-order valence-electron chi connectivity index (χ1n) is 9.32. The van der Waals surface area contributed by atoms with Crippen LogP contribution in [0.5, 0.6) is 0 Å². The highest BCUT2D eigenvalue weighted by Gasteiger charge is 2.20. The Morgan fingerprint density at radius 2 is 1.93 bits per heavy atom. The van der Waals surface area contributed by atoms with Crippen LogP contribution >= 0.6 is 0 Å². The van der Waals surface area contributed by atoms with Crippen LogP contribution in [0.2, 0.25) is 0 Å². The highest BCUT2D eigenvalue weighted by Crippen LogP contribution is 2.24. The van der Waals surface area contributed by atoms with E-state index in [2.05, 4.69) is 10.1 Å². The lowest BCUT2D eigenvalue weighted by Gasteiger charge is -2.09. The largest absolute Gasteiger partial charge is 0.441 e. The predicted molar refractivity (Wildman–Crippen MR) is 102 cm³/mol. The van der Waals surface area contributed by atoms with E-state index in [1.54, 1.807) is 15.3 Å². The third-order valence-corrected chi connectivity index (χ3v) is 5.27. The minimum Gasteiger partial charge on any atom is -0.441 e. The topological polar surface area (TPSA) is 65.3 Å². The summed E-state index contributed by atoms with van der Waals surface area (Å²) in [6, 6.07) is 9.80. The number of benzene rings is 1. The van der Waals surface area contributed by atoms with Gasteiger partial charge >= 0.3 is 0 Å². The van der Waals surface area contributed by atoms with E-state index in [-0.39, 0.29) is 5.56 Å². The lowest BCUT2D eigenvalue weighted by molar-refractivity contribution is 0.537. The van der Waals surface area contributed by atoms with Crippen LogP contribution < -0.4 is 5.56 Å². The molecule has 0 saturated carbocycles. The van der Waals surface area contributed by atoms with Gasteiger partial charge < -0.3 is 8.98 Å². The molecule has 6 nitrogen and oxygen atoms in total. The van der Waals surface area contributed by atoms with Gasteiger partial charge in [0.15, 0.2) is 0 Å². The number of fused-ring (bicyclic) bond motifs is 3. The lowest BCUT2D eigenvalue weighted by Crippen LogP contribution is -2.23. The molecule has 3 aromatic heterocycles. The molecule has 0 fully saturated rings. The van der Waals surface area contributed by atoms with Crippen molar-refractivity contribution in [2.24, 2.45) is 0 Å². The van der Waals surface area contributed by atoms with E-state index in [0.717, 1.165) is 54.0 Å². The van der Waals surface area contributed by atoms with Crippen LogP contribution in [0.25, 0.3) is 17.0 Å². The van der Waals surface area contributed by atoms with Crippen molar-refractivity contribution in [1.29, 1.82) is 0 Å². The summed E-state index contributed by atoms with van der Waals surface area (Å²) >= 11 is 0. The number of hydrogen-bond donors (Lipinski definition) is 0. The number of rotatable bonds is 3. The number of nitrogens with zero attached hydrogens (tertiary/aromatic N) is 4. The van der Waals surface area contributed by atoms with Crippen molar-refractivity contribution in [2.75, 3.05) is 0 Å². The van der Waals surface area contributed by atoms with Crippen molar-refractivity contribution >= 4 is 5.52 Å². The Kier molecular flexibility index (Phi) is 3.70. The van der Waals surface area contributed by atoms with Gasteiger partial charge in [0, 0.05) is 23.5 Å². The first-order valence-corrected chi connectivity index (χ1v) is 9.32. The zero-order chi connectivity index (χ0) is 18.4. The molecule has 4 aromatic rings. The Bertz CT molecular complexity index is 1180. The van der Waals surface area contributed by atoms with Gasteiger partial charge in [0.05, 0.1) is 12.2 Å². The Morgan fingerprint density at radius 3 is 2.78 bits per heavy atom. The monoisotopic (exact) mass is 360 g/mol. The summed E-state index contributed by atoms with van der Waals surface area (Å²) in [7, 11) is 0. The molecule has 6 heteroatoms. The molecule has 1 aromatic carbocycles. The molecule has 0 atom stereocenters. The second kappa shape index (κ2) is 6.23. The molecule has 0 amide bonds. The molecule has 0 N–H and O–H groups in total. The van der Waals surface area contributed by atoms with E-state index in [4.69, 9.17) is 4.42 Å². The molecule has 0 unspecified atom stereocenters. The second-order valence-electron chi connectivity index (χ2n) is 7.04. The number of hydrogen-bond acceptors (Lipinski definition) is 4. The van der Waals surface area contributed by atoms with Crippen molar-refractivity contribution < 1.29 is 4.42 Å². The molecule has 1 aliphatic carbocycles. The smallest absolute Gasteiger partial charge is 0.277 e. The van der Waals surface area contributed by atoms with Gasteiger partial charge in [-0.1, -0.05) is 18.2 Å². The minimum atomic E-state index is -0.0168. The lowest BCUT2D eigenvalue weighted by atomic mass is 9.97. The highest BCUT2D eigenvalue weighted by molar-refractivity contribution is 5.56. The van der Waals surface area contributed by atoms with Crippen molar-refractivity contribution in [2.45, 2.75) is 39.2 Å². The SMILES string of the molecule is Cc1oc(-c2ccccc2)nc1Cn1ccn2nc3c(c2c1=O)CCCC3. The summed E-state index contributed by atoms with van der Waals surface area (Å²) in [6.45, 7) is 2.27. The van der Waals surface area contributed by atoms with Gasteiger partial charge in [0.2, 0.25) is 5.89 Å². The maximum absolute atomic E-state index is 13.1. The molecule has 3 heterocycles. The normalized spacial score (nSPS) is 13.8. The summed E-state index contributed by atoms with van der Waals surface area (Å²) < 4.78 is 9.27. The first kappa shape index (κ1) is 16.1. The molecule has 1 aliphatic rings. The van der Waals surface area contributed by atoms with E-state index in [0.29, 0.717) is 18.0 Å². The van der Waals surface area contributed by atoms with Crippen molar-refractivity contribution in [1.82, 2.24) is 19.2 Å². The van der Waals surface area contributed by atoms with Gasteiger partial charge in [-0.15, -0.1) is 0 Å². The van der Waals surface area contributed by atoms with E-state index in [9.17, 15) is 4.79 Å². The average Bonchev–Trinajstić information content (AvgIpc) is 3.25. The molecule has 0 aliphatic heterocycles. The second-order valence-corrected chi connectivity index (χ2v) is 7.04. The van der Waals surface area contributed by atoms with E-state index in [1.165, 1.54) is 0 Å². The third kappa shape index (κ3) is 2.68. The van der Waals surface area contributed by atoms with Crippen LogP contribution in [0.15, 0.2) is 51.9 Å². The van der Waals surface area contributed by atoms with Crippen molar-refractivity contribution in [3.63, 3.8) is 0 Å². The Balaban J connectivity index is 1.55. The molecule has 27 heavy (non-hydrogen) atoms. The Labute approximate surface area is 156 Å². The van der Waals surface area contributed by atoms with Gasteiger partial charge in [0.1, 0.15) is 17.0 Å². The van der Waals surface area contributed by atoms with Crippen molar-refractivity contribution in [3.05, 3.63) is 75.8 Å². The standard InChI is InChI=1S/C21H20N4O2/c1-14-18(22-20(27-14)15-7-3-2-4-8-15)13-24-11-12-25-19(21(24)26)16-9-5-6-10-17(16)23-25/h2-4,7-8,11-12H,5-6,9-10,13H2,1H3. The molecule has 0 radical (unpaired) electrons. The van der Waals surface area contributed by atoms with Gasteiger partial charge in [-0.3, -0.25) is 4.79 Å². The molecule has 5 rings (SSSR count). The third-order valence-electron chi connectivity index (χ3n) is 5.27. The zero-order valence-electron chi connectivity index (χ0n) is 15.2. The van der Waals surface area contributed by atoms with E-state index < -0.39 is 0 Å². The van der Waals surface area contributed by atoms with Crippen LogP contribution in [0, 0.1) is 6.92 Å². The molecule has 136 valence electrons. The van der Waals surface area contributed by atoms with Gasteiger partial charge in [-0.05, 0) is 44.7 Å². The first-order chi connectivity index (χ1) is 13.2. The number of aryl methyl sites for hydroxylation is 3. The maximum atomic E-state index is 13.1. The average molecular weight is 360 g/mol. The quantitative estimate of drug-likeness (QED) is 0.562.